The number of aryl methyl sites for hydroxylation is 2. The van der Waals surface area contributed by atoms with Crippen molar-refractivity contribution in [2.45, 2.75) is 58.6 Å². The summed E-state index contributed by atoms with van der Waals surface area (Å²) in [6, 6.07) is 7.28. The Morgan fingerprint density at radius 3 is 2.60 bits per heavy atom. The Bertz CT molecular complexity index is 1560. The van der Waals surface area contributed by atoms with Gasteiger partial charge in [0.05, 0.1) is 24.2 Å². The molecule has 40 heavy (non-hydrogen) atoms. The summed E-state index contributed by atoms with van der Waals surface area (Å²) in [6.45, 7) is 4.48. The maximum absolute atomic E-state index is 14.3. The second-order valence-electron chi connectivity index (χ2n) is 10.2. The van der Waals surface area contributed by atoms with Crippen molar-refractivity contribution in [2.24, 2.45) is 5.92 Å². The molecule has 9 nitrogen and oxygen atoms in total. The normalized spacial score (nSPS) is 17.4. The summed E-state index contributed by atoms with van der Waals surface area (Å²) in [6.07, 6.45) is 0.477. The van der Waals surface area contributed by atoms with Crippen LogP contribution in [0.1, 0.15) is 61.2 Å². The first-order valence-corrected chi connectivity index (χ1v) is 14.2. The molecule has 1 saturated heterocycles. The van der Waals surface area contributed by atoms with Gasteiger partial charge in [0.25, 0.3) is 6.43 Å². The van der Waals surface area contributed by atoms with Gasteiger partial charge in [-0.05, 0) is 64.2 Å². The van der Waals surface area contributed by atoms with Gasteiger partial charge in [-0.15, -0.1) is 11.3 Å². The minimum absolute atomic E-state index is 0.0529. The largest absolute Gasteiger partial charge is 0.495 e. The zero-order valence-electron chi connectivity index (χ0n) is 22.5. The van der Waals surface area contributed by atoms with Crippen LogP contribution in [0.25, 0.3) is 21.7 Å². The number of thiazole rings is 1. The van der Waals surface area contributed by atoms with Crippen LogP contribution in [-0.4, -0.2) is 39.1 Å². The van der Waals surface area contributed by atoms with Gasteiger partial charge in [-0.25, -0.2) is 23.7 Å². The lowest BCUT2D eigenvalue weighted by Gasteiger charge is -2.25. The van der Waals surface area contributed by atoms with Gasteiger partial charge in [0.15, 0.2) is 11.5 Å². The van der Waals surface area contributed by atoms with Crippen LogP contribution >= 0.6 is 11.3 Å². The highest BCUT2D eigenvalue weighted by molar-refractivity contribution is 7.15. The Morgan fingerprint density at radius 2 is 1.95 bits per heavy atom. The second-order valence-corrected chi connectivity index (χ2v) is 11.4. The lowest BCUT2D eigenvalue weighted by atomic mass is 10.1. The molecule has 0 spiro atoms. The summed E-state index contributed by atoms with van der Waals surface area (Å²) in [5, 5.41) is 7.05. The van der Waals surface area contributed by atoms with Gasteiger partial charge >= 0.3 is 0 Å². The number of amides is 1. The number of ether oxygens (including phenoxy) is 2. The van der Waals surface area contributed by atoms with E-state index in [0.717, 1.165) is 46.8 Å². The molecule has 1 aliphatic carbocycles. The van der Waals surface area contributed by atoms with Crippen LogP contribution in [0.5, 0.6) is 5.75 Å². The van der Waals surface area contributed by atoms with E-state index < -0.39 is 18.5 Å². The molecule has 1 atom stereocenters. The molecular weight excluding hydrogens is 538 g/mol. The molecule has 3 aromatic heterocycles. The highest BCUT2D eigenvalue weighted by Crippen LogP contribution is 2.40. The van der Waals surface area contributed by atoms with Crippen LogP contribution in [0.15, 0.2) is 24.3 Å². The smallest absolute Gasteiger partial charge is 0.295 e. The van der Waals surface area contributed by atoms with E-state index in [4.69, 9.17) is 9.47 Å². The molecular formula is C28H30F2N6O3S. The molecule has 1 saturated carbocycles. The van der Waals surface area contributed by atoms with Gasteiger partial charge in [-0.1, -0.05) is 0 Å². The zero-order chi connectivity index (χ0) is 28.0. The van der Waals surface area contributed by atoms with E-state index in [-0.39, 0.29) is 28.8 Å². The van der Waals surface area contributed by atoms with Crippen LogP contribution in [0.3, 0.4) is 0 Å². The molecule has 1 aliphatic heterocycles. The Hall–Kier alpha value is -3.64. The van der Waals surface area contributed by atoms with Crippen molar-refractivity contribution < 1.29 is 23.0 Å². The number of rotatable bonds is 8. The first-order valence-electron chi connectivity index (χ1n) is 13.4. The van der Waals surface area contributed by atoms with Gasteiger partial charge in [0, 0.05) is 29.0 Å². The number of nitrogens with one attached hydrogen (secondary N) is 2. The fourth-order valence-corrected chi connectivity index (χ4v) is 5.76. The maximum Gasteiger partial charge on any atom is 0.295 e. The highest BCUT2D eigenvalue weighted by Gasteiger charge is 2.32. The second kappa shape index (κ2) is 10.7. The molecule has 4 heterocycles. The van der Waals surface area contributed by atoms with E-state index in [2.05, 4.69) is 25.6 Å². The van der Waals surface area contributed by atoms with E-state index in [1.165, 1.54) is 4.57 Å². The molecule has 0 radical (unpaired) electrons. The Labute approximate surface area is 233 Å². The predicted molar refractivity (Wildman–Crippen MR) is 150 cm³/mol. The summed E-state index contributed by atoms with van der Waals surface area (Å²) in [4.78, 5) is 27.3. The molecule has 1 amide bonds. The van der Waals surface area contributed by atoms with Gasteiger partial charge < -0.3 is 20.1 Å². The van der Waals surface area contributed by atoms with Crippen LogP contribution in [0.2, 0.25) is 0 Å². The van der Waals surface area contributed by atoms with Crippen LogP contribution in [0.4, 0.5) is 26.0 Å². The molecule has 1 aromatic carbocycles. The third-order valence-corrected chi connectivity index (χ3v) is 8.38. The van der Waals surface area contributed by atoms with Gasteiger partial charge in [0.1, 0.15) is 28.3 Å². The summed E-state index contributed by atoms with van der Waals surface area (Å²) >= 11 is 1.60. The average Bonchev–Trinajstić information content (AvgIpc) is 3.65. The lowest BCUT2D eigenvalue weighted by molar-refractivity contribution is -0.117. The molecule has 1 unspecified atom stereocenters. The maximum atomic E-state index is 14.3. The van der Waals surface area contributed by atoms with Crippen molar-refractivity contribution in [3.05, 3.63) is 40.7 Å². The number of fused-ring (bicyclic) bond motifs is 1. The molecule has 2 N–H and O–H groups in total. The molecule has 4 aromatic rings. The number of aromatic nitrogens is 4. The minimum atomic E-state index is -2.84. The van der Waals surface area contributed by atoms with E-state index in [9.17, 15) is 13.6 Å². The predicted octanol–water partition coefficient (Wildman–Crippen LogP) is 6.91. The summed E-state index contributed by atoms with van der Waals surface area (Å²) in [5.41, 5.74) is 3.38. The van der Waals surface area contributed by atoms with Crippen LogP contribution in [-0.2, 0) is 9.53 Å². The van der Waals surface area contributed by atoms with Crippen LogP contribution < -0.4 is 15.4 Å². The zero-order valence-corrected chi connectivity index (χ0v) is 23.3. The number of pyridine rings is 1. The molecule has 2 aliphatic rings. The first kappa shape index (κ1) is 26.6. The number of anilines is 3. The third-order valence-electron chi connectivity index (χ3n) is 7.26. The van der Waals surface area contributed by atoms with Crippen molar-refractivity contribution >= 4 is 45.6 Å². The van der Waals surface area contributed by atoms with Crippen molar-refractivity contribution in [1.29, 1.82) is 0 Å². The van der Waals surface area contributed by atoms with Gasteiger partial charge in [0.2, 0.25) is 5.91 Å². The number of imidazole rings is 1. The molecule has 2 fully saturated rings. The monoisotopic (exact) mass is 568 g/mol. The number of hydrogen-bond donors (Lipinski definition) is 2. The number of hydrogen-bond acceptors (Lipinski definition) is 8. The van der Waals surface area contributed by atoms with E-state index in [1.54, 1.807) is 24.5 Å². The standard InChI is InChI=1S/C28H30F2N6O3S/c1-14-15(2)40-28(31-14)17-9-10-18(20(12-17)38-3)32-19-13-21(34-27(37)16-7-8-16)33-25-23(19)35-26(24(29)30)36(25)22-6-4-5-11-39-22/h9-10,12-13,16,22,24H,4-8,11H2,1-3H3,(H2,32,33,34,37). The van der Waals surface area contributed by atoms with Gasteiger partial charge in [-0.2, -0.15) is 0 Å². The fraction of sp³-hybridized carbons (Fsp3) is 0.429. The summed E-state index contributed by atoms with van der Waals surface area (Å²) in [7, 11) is 1.57. The van der Waals surface area contributed by atoms with Crippen molar-refractivity contribution in [1.82, 2.24) is 19.5 Å². The Morgan fingerprint density at radius 1 is 1.12 bits per heavy atom. The van der Waals surface area contributed by atoms with E-state index >= 15 is 0 Å². The summed E-state index contributed by atoms with van der Waals surface area (Å²) < 4.78 is 41.5. The quantitative estimate of drug-likeness (QED) is 0.238. The average molecular weight is 569 g/mol. The van der Waals surface area contributed by atoms with Crippen molar-refractivity contribution in [3.63, 3.8) is 0 Å². The lowest BCUT2D eigenvalue weighted by Crippen LogP contribution is -2.21. The van der Waals surface area contributed by atoms with Crippen molar-refractivity contribution in [2.75, 3.05) is 24.4 Å². The Balaban J connectivity index is 1.45. The number of carbonyl (C=O) groups is 1. The Kier molecular flexibility index (Phi) is 7.13. The number of carbonyl (C=O) groups excluding carboxylic acids is 1. The number of methoxy groups -OCH3 is 1. The topological polar surface area (TPSA) is 103 Å². The molecule has 0 bridgehead atoms. The molecule has 6 rings (SSSR count). The summed E-state index contributed by atoms with van der Waals surface area (Å²) in [5.74, 6) is 0.195. The number of alkyl halides is 2. The van der Waals surface area contributed by atoms with Crippen LogP contribution in [0, 0.1) is 19.8 Å². The fourth-order valence-electron chi connectivity index (χ4n) is 4.85. The van der Waals surface area contributed by atoms with Crippen molar-refractivity contribution in [3.8, 4) is 16.3 Å². The third kappa shape index (κ3) is 5.13. The molecule has 210 valence electrons. The number of benzene rings is 1. The number of nitrogens with zero attached hydrogens (tertiary/aromatic N) is 4. The SMILES string of the molecule is COc1cc(-c2nc(C)c(C)s2)ccc1Nc1cc(NC(=O)C2CC2)nc2c1nc(C(F)F)n2C1CCCCO1. The van der Waals surface area contributed by atoms with Gasteiger partial charge in [-0.3, -0.25) is 9.36 Å². The first-order chi connectivity index (χ1) is 19.3. The van der Waals surface area contributed by atoms with E-state index in [0.29, 0.717) is 30.2 Å². The minimum Gasteiger partial charge on any atom is -0.495 e. The highest BCUT2D eigenvalue weighted by atomic mass is 32.1. The van der Waals surface area contributed by atoms with E-state index in [1.807, 2.05) is 32.0 Å². The molecule has 12 heteroatoms. The number of halogens is 2.